The Morgan fingerprint density at radius 3 is 1.23 bits per heavy atom. The fourth-order valence-corrected chi connectivity index (χ4v) is 6.06. The van der Waals surface area contributed by atoms with Crippen LogP contribution in [0.3, 0.4) is 0 Å². The second-order valence-electron chi connectivity index (χ2n) is 8.06. The highest BCUT2D eigenvalue weighted by molar-refractivity contribution is 6.03. The van der Waals surface area contributed by atoms with Gasteiger partial charge in [0.2, 0.25) is 11.6 Å². The summed E-state index contributed by atoms with van der Waals surface area (Å²) in [6, 6.07) is 15.4. The van der Waals surface area contributed by atoms with Gasteiger partial charge in [0.25, 0.3) is 11.6 Å². The van der Waals surface area contributed by atoms with Crippen LogP contribution in [-0.2, 0) is 40.1 Å². The van der Waals surface area contributed by atoms with E-state index in [9.17, 15) is 9.59 Å². The minimum Gasteiger partial charge on any atom is -0.343 e. The molecule has 0 heterocycles. The lowest BCUT2D eigenvalue weighted by atomic mass is 9.44. The molecule has 1 fully saturated rings. The molecule has 30 heavy (non-hydrogen) atoms. The maximum atomic E-state index is 13.8. The van der Waals surface area contributed by atoms with Crippen molar-refractivity contribution < 1.29 is 28.5 Å². The first-order chi connectivity index (χ1) is 14.5. The summed E-state index contributed by atoms with van der Waals surface area (Å²) >= 11 is 0. The molecule has 3 aliphatic rings. The van der Waals surface area contributed by atoms with Crippen molar-refractivity contribution in [3.05, 3.63) is 70.8 Å². The van der Waals surface area contributed by atoms with Crippen molar-refractivity contribution in [3.63, 3.8) is 0 Å². The summed E-state index contributed by atoms with van der Waals surface area (Å²) in [4.78, 5) is 27.5. The van der Waals surface area contributed by atoms with E-state index < -0.39 is 23.4 Å². The van der Waals surface area contributed by atoms with E-state index in [0.29, 0.717) is 11.1 Å². The standard InChI is InChI=1S/C24H24O6/c1-27-23(28-2)15-11-7-5-9-13(15)17-18-14-10-6-8-12-16(14)24(29-3,30-4)22(26)20(18)19(17)21(23)25/h5-12,17-20H,1-4H3/t17-,18-,19-,20-/m0/s1. The molecule has 3 aliphatic carbocycles. The third kappa shape index (κ3) is 2.02. The van der Waals surface area contributed by atoms with Gasteiger partial charge in [0.1, 0.15) is 0 Å². The predicted molar refractivity (Wildman–Crippen MR) is 107 cm³/mol. The lowest BCUT2D eigenvalue weighted by Crippen LogP contribution is -2.65. The van der Waals surface area contributed by atoms with Gasteiger partial charge in [0, 0.05) is 63.2 Å². The molecule has 0 bridgehead atoms. The van der Waals surface area contributed by atoms with Gasteiger partial charge >= 0.3 is 0 Å². The molecule has 0 saturated heterocycles. The lowest BCUT2D eigenvalue weighted by molar-refractivity contribution is -0.240. The number of carbonyl (C=O) groups is 2. The Bertz CT molecular complexity index is 952. The van der Waals surface area contributed by atoms with Crippen molar-refractivity contribution in [2.75, 3.05) is 28.4 Å². The van der Waals surface area contributed by atoms with E-state index in [1.807, 2.05) is 48.5 Å². The third-order valence-electron chi connectivity index (χ3n) is 7.30. The Kier molecular flexibility index (Phi) is 4.28. The molecule has 0 aromatic heterocycles. The number of fused-ring (bicyclic) bond motifs is 8. The van der Waals surface area contributed by atoms with Crippen molar-refractivity contribution in [2.24, 2.45) is 11.8 Å². The molecular weight excluding hydrogens is 384 g/mol. The number of hydrogen-bond acceptors (Lipinski definition) is 6. The summed E-state index contributed by atoms with van der Waals surface area (Å²) in [5, 5.41) is 0. The number of ether oxygens (including phenoxy) is 4. The summed E-state index contributed by atoms with van der Waals surface area (Å²) in [6.07, 6.45) is 0. The number of ketones is 2. The van der Waals surface area contributed by atoms with E-state index in [4.69, 9.17) is 18.9 Å². The average Bonchev–Trinajstić information content (AvgIpc) is 2.76. The first-order valence-corrected chi connectivity index (χ1v) is 10.0. The quantitative estimate of drug-likeness (QED) is 0.725. The van der Waals surface area contributed by atoms with E-state index in [1.165, 1.54) is 28.4 Å². The largest absolute Gasteiger partial charge is 0.343 e. The summed E-state index contributed by atoms with van der Waals surface area (Å²) in [7, 11) is 5.84. The highest BCUT2D eigenvalue weighted by Gasteiger charge is 2.71. The SMILES string of the molecule is COC1(OC)C(=O)[C@@H]2[C@H]3C(=O)C(OC)(OC)c4ccccc4[C@H]3[C@@H]2c2ccccc21. The molecule has 6 heteroatoms. The topological polar surface area (TPSA) is 71.1 Å². The molecule has 0 spiro atoms. The summed E-state index contributed by atoms with van der Waals surface area (Å²) in [5.41, 5.74) is 3.38. The van der Waals surface area contributed by atoms with Gasteiger partial charge in [0.15, 0.2) is 0 Å². The molecule has 0 radical (unpaired) electrons. The van der Waals surface area contributed by atoms with Crippen molar-refractivity contribution in [1.29, 1.82) is 0 Å². The Labute approximate surface area is 175 Å². The first kappa shape index (κ1) is 19.6. The zero-order valence-electron chi connectivity index (χ0n) is 17.4. The molecule has 2 aromatic rings. The fourth-order valence-electron chi connectivity index (χ4n) is 6.06. The highest BCUT2D eigenvalue weighted by atomic mass is 16.7. The molecule has 5 rings (SSSR count). The van der Waals surface area contributed by atoms with Crippen LogP contribution in [0.25, 0.3) is 0 Å². The lowest BCUT2D eigenvalue weighted by Gasteiger charge is -2.60. The van der Waals surface area contributed by atoms with Crippen LogP contribution in [0.2, 0.25) is 0 Å². The molecule has 156 valence electrons. The number of methoxy groups -OCH3 is 4. The van der Waals surface area contributed by atoms with E-state index in [2.05, 4.69) is 0 Å². The zero-order valence-corrected chi connectivity index (χ0v) is 17.4. The van der Waals surface area contributed by atoms with E-state index >= 15 is 0 Å². The maximum absolute atomic E-state index is 13.8. The number of Topliss-reactive ketones (excluding diaryl/α,β-unsaturated/α-hetero) is 2. The van der Waals surface area contributed by atoms with Crippen LogP contribution in [0.15, 0.2) is 48.5 Å². The first-order valence-electron chi connectivity index (χ1n) is 10.0. The molecule has 0 N–H and O–H groups in total. The fraction of sp³-hybridized carbons (Fsp3) is 0.417. The van der Waals surface area contributed by atoms with Crippen molar-refractivity contribution in [2.45, 2.75) is 23.4 Å². The minimum absolute atomic E-state index is 0.131. The van der Waals surface area contributed by atoms with Crippen molar-refractivity contribution in [1.82, 2.24) is 0 Å². The summed E-state index contributed by atoms with van der Waals surface area (Å²) < 4.78 is 22.7. The van der Waals surface area contributed by atoms with Gasteiger partial charge in [0.05, 0.1) is 0 Å². The third-order valence-corrected chi connectivity index (χ3v) is 7.30. The van der Waals surface area contributed by atoms with Crippen LogP contribution >= 0.6 is 0 Å². The molecule has 0 amide bonds. The smallest absolute Gasteiger partial charge is 0.256 e. The maximum Gasteiger partial charge on any atom is 0.256 e. The van der Waals surface area contributed by atoms with Gasteiger partial charge in [-0.25, -0.2) is 0 Å². The van der Waals surface area contributed by atoms with Gasteiger partial charge in [-0.3, -0.25) is 9.59 Å². The molecule has 0 unspecified atom stereocenters. The van der Waals surface area contributed by atoms with Crippen molar-refractivity contribution >= 4 is 11.6 Å². The van der Waals surface area contributed by atoms with Crippen LogP contribution in [0.5, 0.6) is 0 Å². The molecule has 2 aromatic carbocycles. The van der Waals surface area contributed by atoms with Crippen LogP contribution in [0.4, 0.5) is 0 Å². The molecular formula is C24H24O6. The Morgan fingerprint density at radius 2 is 0.900 bits per heavy atom. The van der Waals surface area contributed by atoms with Crippen LogP contribution in [0.1, 0.15) is 34.1 Å². The Morgan fingerprint density at radius 1 is 0.567 bits per heavy atom. The summed E-state index contributed by atoms with van der Waals surface area (Å²) in [5.74, 6) is -4.92. The van der Waals surface area contributed by atoms with Gasteiger partial charge in [-0.15, -0.1) is 0 Å². The highest BCUT2D eigenvalue weighted by Crippen LogP contribution is 2.67. The molecule has 1 saturated carbocycles. The van der Waals surface area contributed by atoms with Gasteiger partial charge in [-0.1, -0.05) is 48.5 Å². The number of rotatable bonds is 4. The summed E-state index contributed by atoms with van der Waals surface area (Å²) in [6.45, 7) is 0. The van der Waals surface area contributed by atoms with E-state index in [-0.39, 0.29) is 23.4 Å². The second kappa shape index (κ2) is 6.56. The van der Waals surface area contributed by atoms with E-state index in [1.54, 1.807) is 0 Å². The Hall–Kier alpha value is -2.38. The molecule has 4 atom stereocenters. The van der Waals surface area contributed by atoms with Crippen LogP contribution < -0.4 is 0 Å². The normalized spacial score (nSPS) is 29.9. The van der Waals surface area contributed by atoms with Crippen LogP contribution in [0, 0.1) is 11.8 Å². The minimum atomic E-state index is -1.53. The van der Waals surface area contributed by atoms with Crippen LogP contribution in [-0.4, -0.2) is 40.0 Å². The zero-order chi connectivity index (χ0) is 21.3. The number of benzene rings is 2. The number of carbonyl (C=O) groups excluding carboxylic acids is 2. The average molecular weight is 408 g/mol. The van der Waals surface area contributed by atoms with Gasteiger partial charge < -0.3 is 18.9 Å². The van der Waals surface area contributed by atoms with Gasteiger partial charge in [-0.05, 0) is 11.1 Å². The van der Waals surface area contributed by atoms with Crippen molar-refractivity contribution in [3.8, 4) is 0 Å². The monoisotopic (exact) mass is 408 g/mol. The van der Waals surface area contributed by atoms with E-state index in [0.717, 1.165) is 11.1 Å². The second-order valence-corrected chi connectivity index (χ2v) is 8.06. The molecule has 6 nitrogen and oxygen atoms in total. The molecule has 0 aliphatic heterocycles. The Balaban J connectivity index is 1.77. The number of hydrogen-bond donors (Lipinski definition) is 0. The predicted octanol–water partition coefficient (Wildman–Crippen LogP) is 2.86. The van der Waals surface area contributed by atoms with Gasteiger partial charge in [-0.2, -0.15) is 0 Å².